The minimum absolute atomic E-state index is 0.165. The van der Waals surface area contributed by atoms with Crippen molar-refractivity contribution in [1.82, 2.24) is 15.2 Å². The predicted octanol–water partition coefficient (Wildman–Crippen LogP) is 1.99. The van der Waals surface area contributed by atoms with Gasteiger partial charge in [0.15, 0.2) is 0 Å². The Kier molecular flexibility index (Phi) is 2.77. The Morgan fingerprint density at radius 3 is 3.05 bits per heavy atom. The third-order valence-electron chi connectivity index (χ3n) is 4.71. The van der Waals surface area contributed by atoms with Crippen LogP contribution in [0.2, 0.25) is 0 Å². The second-order valence-corrected chi connectivity index (χ2v) is 5.92. The van der Waals surface area contributed by atoms with E-state index in [4.69, 9.17) is 0 Å². The number of aromatic nitrogens is 1. The average Bonchev–Trinajstić information content (AvgIpc) is 3.10. The van der Waals surface area contributed by atoms with Gasteiger partial charge in [0.2, 0.25) is 0 Å². The number of carbonyl (C=O) groups excluding carboxylic acids is 1. The molecular formula is C16H19N3O. The molecule has 0 bridgehead atoms. The van der Waals surface area contributed by atoms with Crippen molar-refractivity contribution < 1.29 is 4.79 Å². The van der Waals surface area contributed by atoms with Crippen LogP contribution in [0, 0.1) is 5.92 Å². The molecule has 2 fully saturated rings. The Balaban J connectivity index is 1.61. The maximum atomic E-state index is 12.7. The van der Waals surface area contributed by atoms with E-state index in [1.807, 2.05) is 35.4 Å². The Labute approximate surface area is 118 Å². The van der Waals surface area contributed by atoms with Gasteiger partial charge in [0.05, 0.1) is 5.56 Å². The minimum atomic E-state index is 0.165. The summed E-state index contributed by atoms with van der Waals surface area (Å²) in [4.78, 5) is 18.0. The van der Waals surface area contributed by atoms with Gasteiger partial charge in [-0.05, 0) is 31.4 Å². The lowest BCUT2D eigenvalue weighted by Crippen LogP contribution is -2.41. The number of H-pyrrole nitrogens is 1. The average molecular weight is 269 g/mol. The molecule has 0 aliphatic carbocycles. The van der Waals surface area contributed by atoms with Gasteiger partial charge in [-0.25, -0.2) is 0 Å². The SMILES string of the molecule is O=C(c1c[nH]c2ccccc12)N1CC2CCCNC2C1. The first-order chi connectivity index (χ1) is 9.83. The quantitative estimate of drug-likeness (QED) is 0.832. The Morgan fingerprint density at radius 1 is 1.25 bits per heavy atom. The molecular weight excluding hydrogens is 250 g/mol. The van der Waals surface area contributed by atoms with Crippen molar-refractivity contribution in [1.29, 1.82) is 0 Å². The number of hydrogen-bond donors (Lipinski definition) is 2. The van der Waals surface area contributed by atoms with Crippen molar-refractivity contribution in [2.75, 3.05) is 19.6 Å². The second kappa shape index (κ2) is 4.63. The lowest BCUT2D eigenvalue weighted by molar-refractivity contribution is 0.0787. The van der Waals surface area contributed by atoms with Crippen LogP contribution in [0.25, 0.3) is 10.9 Å². The number of hydrogen-bond acceptors (Lipinski definition) is 2. The molecule has 0 radical (unpaired) electrons. The maximum absolute atomic E-state index is 12.7. The molecule has 2 unspecified atom stereocenters. The Bertz CT molecular complexity index is 634. The van der Waals surface area contributed by atoms with Crippen LogP contribution in [0.5, 0.6) is 0 Å². The molecule has 2 aliphatic rings. The summed E-state index contributed by atoms with van der Waals surface area (Å²) in [7, 11) is 0. The van der Waals surface area contributed by atoms with Gasteiger partial charge in [0, 0.05) is 36.2 Å². The zero-order valence-electron chi connectivity index (χ0n) is 11.4. The normalized spacial score (nSPS) is 25.9. The van der Waals surface area contributed by atoms with Crippen LogP contribution in [0.3, 0.4) is 0 Å². The smallest absolute Gasteiger partial charge is 0.256 e. The van der Waals surface area contributed by atoms with Crippen molar-refractivity contribution in [3.63, 3.8) is 0 Å². The lowest BCUT2D eigenvalue weighted by atomic mass is 9.94. The zero-order valence-corrected chi connectivity index (χ0v) is 11.4. The van der Waals surface area contributed by atoms with Crippen LogP contribution < -0.4 is 5.32 Å². The van der Waals surface area contributed by atoms with E-state index >= 15 is 0 Å². The molecule has 3 heterocycles. The van der Waals surface area contributed by atoms with Gasteiger partial charge < -0.3 is 15.2 Å². The van der Waals surface area contributed by atoms with E-state index in [1.165, 1.54) is 12.8 Å². The standard InChI is InChI=1S/C16H19N3O/c20-16(13-8-18-14-6-2-1-5-12(13)14)19-9-11-4-3-7-17-15(11)10-19/h1-2,5-6,8,11,15,17-18H,3-4,7,9-10H2. The molecule has 4 nitrogen and oxygen atoms in total. The van der Waals surface area contributed by atoms with Gasteiger partial charge in [-0.3, -0.25) is 4.79 Å². The van der Waals surface area contributed by atoms with E-state index in [0.29, 0.717) is 12.0 Å². The summed E-state index contributed by atoms with van der Waals surface area (Å²) >= 11 is 0. The minimum Gasteiger partial charge on any atom is -0.360 e. The summed E-state index contributed by atoms with van der Waals surface area (Å²) in [6.07, 6.45) is 4.33. The van der Waals surface area contributed by atoms with Gasteiger partial charge >= 0.3 is 0 Å². The van der Waals surface area contributed by atoms with Crippen molar-refractivity contribution in [2.45, 2.75) is 18.9 Å². The van der Waals surface area contributed by atoms with E-state index in [-0.39, 0.29) is 5.91 Å². The number of benzene rings is 1. The number of rotatable bonds is 1. The highest BCUT2D eigenvalue weighted by Crippen LogP contribution is 2.27. The van der Waals surface area contributed by atoms with Gasteiger partial charge in [-0.15, -0.1) is 0 Å². The fourth-order valence-corrected chi connectivity index (χ4v) is 3.63. The molecule has 0 saturated carbocycles. The number of piperidine rings is 1. The molecule has 4 rings (SSSR count). The molecule has 2 aromatic rings. The highest BCUT2D eigenvalue weighted by atomic mass is 16.2. The maximum Gasteiger partial charge on any atom is 0.256 e. The largest absolute Gasteiger partial charge is 0.360 e. The van der Waals surface area contributed by atoms with Crippen molar-refractivity contribution in [3.8, 4) is 0 Å². The molecule has 104 valence electrons. The predicted molar refractivity (Wildman–Crippen MR) is 78.7 cm³/mol. The van der Waals surface area contributed by atoms with Crippen LogP contribution in [0.1, 0.15) is 23.2 Å². The number of carbonyl (C=O) groups is 1. The van der Waals surface area contributed by atoms with E-state index < -0.39 is 0 Å². The van der Waals surface area contributed by atoms with Gasteiger partial charge in [-0.2, -0.15) is 0 Å². The summed E-state index contributed by atoms with van der Waals surface area (Å²) < 4.78 is 0. The summed E-state index contributed by atoms with van der Waals surface area (Å²) in [5.74, 6) is 0.802. The van der Waals surface area contributed by atoms with Gasteiger partial charge in [-0.1, -0.05) is 18.2 Å². The van der Waals surface area contributed by atoms with Crippen molar-refractivity contribution in [2.24, 2.45) is 5.92 Å². The third-order valence-corrected chi connectivity index (χ3v) is 4.71. The molecule has 0 spiro atoms. The first kappa shape index (κ1) is 12.0. The van der Waals surface area contributed by atoms with Gasteiger partial charge in [0.1, 0.15) is 0 Å². The molecule has 4 heteroatoms. The third kappa shape index (κ3) is 1.83. The number of nitrogens with one attached hydrogen (secondary N) is 2. The van der Waals surface area contributed by atoms with E-state index in [2.05, 4.69) is 10.3 Å². The Morgan fingerprint density at radius 2 is 2.15 bits per heavy atom. The molecule has 2 atom stereocenters. The summed E-state index contributed by atoms with van der Waals surface area (Å²) in [6.45, 7) is 2.84. The molecule has 1 amide bonds. The van der Waals surface area contributed by atoms with Crippen molar-refractivity contribution in [3.05, 3.63) is 36.0 Å². The van der Waals surface area contributed by atoms with E-state index in [0.717, 1.165) is 36.1 Å². The van der Waals surface area contributed by atoms with Crippen LogP contribution in [0.15, 0.2) is 30.5 Å². The van der Waals surface area contributed by atoms with Crippen LogP contribution >= 0.6 is 0 Å². The first-order valence-electron chi connectivity index (χ1n) is 7.42. The molecule has 2 N–H and O–H groups in total. The molecule has 1 aromatic carbocycles. The summed E-state index contributed by atoms with van der Waals surface area (Å²) in [6, 6.07) is 8.50. The van der Waals surface area contributed by atoms with E-state index in [1.54, 1.807) is 0 Å². The van der Waals surface area contributed by atoms with Crippen LogP contribution in [-0.2, 0) is 0 Å². The highest BCUT2D eigenvalue weighted by Gasteiger charge is 2.37. The topological polar surface area (TPSA) is 48.1 Å². The van der Waals surface area contributed by atoms with Crippen molar-refractivity contribution >= 4 is 16.8 Å². The number of para-hydroxylation sites is 1. The number of aromatic amines is 1. The van der Waals surface area contributed by atoms with Crippen LogP contribution in [0.4, 0.5) is 0 Å². The number of fused-ring (bicyclic) bond motifs is 2. The van der Waals surface area contributed by atoms with E-state index in [9.17, 15) is 4.79 Å². The molecule has 2 saturated heterocycles. The second-order valence-electron chi connectivity index (χ2n) is 5.92. The fraction of sp³-hybridized carbons (Fsp3) is 0.438. The monoisotopic (exact) mass is 269 g/mol. The number of nitrogens with zero attached hydrogens (tertiary/aromatic N) is 1. The fourth-order valence-electron chi connectivity index (χ4n) is 3.63. The Hall–Kier alpha value is -1.81. The summed E-state index contributed by atoms with van der Waals surface area (Å²) in [5.41, 5.74) is 1.84. The number of likely N-dealkylation sites (tertiary alicyclic amines) is 1. The highest BCUT2D eigenvalue weighted by molar-refractivity contribution is 6.06. The van der Waals surface area contributed by atoms with Crippen LogP contribution in [-0.4, -0.2) is 41.5 Å². The first-order valence-corrected chi connectivity index (χ1v) is 7.42. The molecule has 20 heavy (non-hydrogen) atoms. The van der Waals surface area contributed by atoms with Gasteiger partial charge in [0.25, 0.3) is 5.91 Å². The molecule has 2 aliphatic heterocycles. The zero-order chi connectivity index (χ0) is 13.5. The summed E-state index contributed by atoms with van der Waals surface area (Å²) in [5, 5.41) is 4.57. The number of amides is 1. The lowest BCUT2D eigenvalue weighted by Gasteiger charge is -2.24. The molecule has 1 aromatic heterocycles.